The fourth-order valence-corrected chi connectivity index (χ4v) is 2.66. The van der Waals surface area contributed by atoms with Crippen molar-refractivity contribution in [2.45, 2.75) is 65.5 Å². The molecule has 2 atom stereocenters. The highest BCUT2D eigenvalue weighted by atomic mass is 16.1. The van der Waals surface area contributed by atoms with E-state index in [1.807, 2.05) is 20.8 Å². The van der Waals surface area contributed by atoms with E-state index in [0.29, 0.717) is 12.5 Å². The number of hydrogen-bond acceptors (Lipinski definition) is 2. The molecule has 1 N–H and O–H groups in total. The van der Waals surface area contributed by atoms with Gasteiger partial charge in [0.2, 0.25) is 5.91 Å². The lowest BCUT2D eigenvalue weighted by Gasteiger charge is -2.25. The van der Waals surface area contributed by atoms with Gasteiger partial charge in [-0.05, 0) is 39.5 Å². The van der Waals surface area contributed by atoms with Crippen LogP contribution < -0.4 is 5.32 Å². The summed E-state index contributed by atoms with van der Waals surface area (Å²) in [5.41, 5.74) is -0.112. The number of likely N-dealkylation sites (tertiary alicyclic amines) is 1. The van der Waals surface area contributed by atoms with Gasteiger partial charge < -0.3 is 5.32 Å². The van der Waals surface area contributed by atoms with Gasteiger partial charge in [-0.1, -0.05) is 13.8 Å². The second kappa shape index (κ2) is 5.85. The molecule has 0 unspecified atom stereocenters. The minimum Gasteiger partial charge on any atom is -0.351 e. The van der Waals surface area contributed by atoms with E-state index in [4.69, 9.17) is 0 Å². The van der Waals surface area contributed by atoms with E-state index in [0.717, 1.165) is 19.0 Å². The fraction of sp³-hybridized carbons (Fsp3) is 0.929. The number of carbonyl (C=O) groups is 1. The number of rotatable bonds is 4. The van der Waals surface area contributed by atoms with Crippen LogP contribution in [0.2, 0.25) is 0 Å². The standard InChI is InChI=1S/C14H28N2O/c1-6-12-9-11(2)10-16(12)8-7-13(17)15-14(3,4)5/h11-12H,6-10H2,1-5H3,(H,15,17)/t11-,12+/m0/s1. The molecule has 1 saturated heterocycles. The highest BCUT2D eigenvalue weighted by Gasteiger charge is 2.28. The van der Waals surface area contributed by atoms with Crippen molar-refractivity contribution in [3.8, 4) is 0 Å². The number of hydrogen-bond donors (Lipinski definition) is 1. The van der Waals surface area contributed by atoms with Crippen LogP contribution in [-0.4, -0.2) is 35.5 Å². The zero-order valence-corrected chi connectivity index (χ0v) is 12.0. The third-order valence-electron chi connectivity index (χ3n) is 3.35. The average Bonchev–Trinajstić information content (AvgIpc) is 2.53. The Morgan fingerprint density at radius 3 is 2.59 bits per heavy atom. The summed E-state index contributed by atoms with van der Waals surface area (Å²) in [5.74, 6) is 0.956. The summed E-state index contributed by atoms with van der Waals surface area (Å²) in [6.07, 6.45) is 3.11. The van der Waals surface area contributed by atoms with Crippen molar-refractivity contribution in [1.82, 2.24) is 10.2 Å². The first-order valence-corrected chi connectivity index (χ1v) is 6.87. The van der Waals surface area contributed by atoms with Gasteiger partial charge in [-0.15, -0.1) is 0 Å². The zero-order chi connectivity index (χ0) is 13.1. The molecule has 3 heteroatoms. The molecule has 1 aliphatic rings. The largest absolute Gasteiger partial charge is 0.351 e. The average molecular weight is 240 g/mol. The zero-order valence-electron chi connectivity index (χ0n) is 12.0. The molecule has 3 nitrogen and oxygen atoms in total. The maximum Gasteiger partial charge on any atom is 0.221 e. The molecule has 0 aromatic carbocycles. The molecular formula is C14H28N2O. The smallest absolute Gasteiger partial charge is 0.221 e. The van der Waals surface area contributed by atoms with Gasteiger partial charge in [-0.25, -0.2) is 0 Å². The van der Waals surface area contributed by atoms with E-state index in [1.54, 1.807) is 0 Å². The summed E-state index contributed by atoms with van der Waals surface area (Å²) >= 11 is 0. The van der Waals surface area contributed by atoms with Crippen LogP contribution in [0.3, 0.4) is 0 Å². The summed E-state index contributed by atoms with van der Waals surface area (Å²) in [6, 6.07) is 0.687. The Kier molecular flexibility index (Phi) is 4.99. The van der Waals surface area contributed by atoms with Gasteiger partial charge >= 0.3 is 0 Å². The first-order valence-electron chi connectivity index (χ1n) is 6.87. The summed E-state index contributed by atoms with van der Waals surface area (Å²) in [4.78, 5) is 14.2. The van der Waals surface area contributed by atoms with E-state index in [9.17, 15) is 4.79 Å². The molecule has 0 aromatic rings. The topological polar surface area (TPSA) is 32.3 Å². The number of nitrogens with one attached hydrogen (secondary N) is 1. The Morgan fingerprint density at radius 2 is 2.06 bits per heavy atom. The number of nitrogens with zero attached hydrogens (tertiary/aromatic N) is 1. The van der Waals surface area contributed by atoms with Gasteiger partial charge in [0.1, 0.15) is 0 Å². The molecule has 1 fully saturated rings. The van der Waals surface area contributed by atoms with Gasteiger partial charge in [0.15, 0.2) is 0 Å². The van der Waals surface area contributed by atoms with Crippen LogP contribution in [0.25, 0.3) is 0 Å². The van der Waals surface area contributed by atoms with Gasteiger partial charge in [0, 0.05) is 31.1 Å². The van der Waals surface area contributed by atoms with E-state index >= 15 is 0 Å². The lowest BCUT2D eigenvalue weighted by Crippen LogP contribution is -2.42. The van der Waals surface area contributed by atoms with Gasteiger partial charge in [0.05, 0.1) is 0 Å². The Hall–Kier alpha value is -0.570. The molecule has 1 rings (SSSR count). The molecule has 1 amide bonds. The molecule has 0 saturated carbocycles. The molecule has 17 heavy (non-hydrogen) atoms. The quantitative estimate of drug-likeness (QED) is 0.818. The minimum atomic E-state index is -0.112. The van der Waals surface area contributed by atoms with E-state index in [2.05, 4.69) is 24.1 Å². The predicted octanol–water partition coefficient (Wildman–Crippen LogP) is 2.41. The molecule has 1 heterocycles. The van der Waals surface area contributed by atoms with Crippen LogP contribution >= 0.6 is 0 Å². The van der Waals surface area contributed by atoms with Crippen LogP contribution in [0.4, 0.5) is 0 Å². The third-order valence-corrected chi connectivity index (χ3v) is 3.35. The van der Waals surface area contributed by atoms with E-state index in [1.165, 1.54) is 12.8 Å². The molecule has 0 radical (unpaired) electrons. The van der Waals surface area contributed by atoms with Crippen molar-refractivity contribution in [1.29, 1.82) is 0 Å². The van der Waals surface area contributed by atoms with Crippen LogP contribution in [0.1, 0.15) is 53.9 Å². The highest BCUT2D eigenvalue weighted by Crippen LogP contribution is 2.24. The molecule has 0 aromatic heterocycles. The fourth-order valence-electron chi connectivity index (χ4n) is 2.66. The summed E-state index contributed by atoms with van der Waals surface area (Å²) in [5, 5.41) is 3.02. The summed E-state index contributed by atoms with van der Waals surface area (Å²) in [7, 11) is 0. The van der Waals surface area contributed by atoms with Crippen molar-refractivity contribution < 1.29 is 4.79 Å². The lowest BCUT2D eigenvalue weighted by molar-refractivity contribution is -0.122. The predicted molar refractivity (Wildman–Crippen MR) is 71.9 cm³/mol. The number of carbonyl (C=O) groups excluding carboxylic acids is 1. The SMILES string of the molecule is CC[C@@H]1C[C@H](C)CN1CCC(=O)NC(C)(C)C. The Bertz CT molecular complexity index is 257. The molecular weight excluding hydrogens is 212 g/mol. The van der Waals surface area contributed by atoms with Crippen LogP contribution in [0.5, 0.6) is 0 Å². The maximum absolute atomic E-state index is 11.8. The van der Waals surface area contributed by atoms with Gasteiger partial charge in [-0.2, -0.15) is 0 Å². The van der Waals surface area contributed by atoms with Crippen molar-refractivity contribution >= 4 is 5.91 Å². The van der Waals surface area contributed by atoms with Crippen LogP contribution in [-0.2, 0) is 4.79 Å². The monoisotopic (exact) mass is 240 g/mol. The molecule has 100 valence electrons. The molecule has 1 aliphatic heterocycles. The molecule has 0 bridgehead atoms. The van der Waals surface area contributed by atoms with Crippen molar-refractivity contribution in [3.05, 3.63) is 0 Å². The van der Waals surface area contributed by atoms with Crippen molar-refractivity contribution in [2.24, 2.45) is 5.92 Å². The molecule has 0 spiro atoms. The number of amides is 1. The van der Waals surface area contributed by atoms with Crippen molar-refractivity contribution in [3.63, 3.8) is 0 Å². The second-order valence-electron chi connectivity index (χ2n) is 6.45. The summed E-state index contributed by atoms with van der Waals surface area (Å²) < 4.78 is 0. The van der Waals surface area contributed by atoms with Crippen LogP contribution in [0.15, 0.2) is 0 Å². The lowest BCUT2D eigenvalue weighted by atomic mass is 10.1. The van der Waals surface area contributed by atoms with Gasteiger partial charge in [0.25, 0.3) is 0 Å². The molecule has 0 aliphatic carbocycles. The Morgan fingerprint density at radius 1 is 1.41 bits per heavy atom. The van der Waals surface area contributed by atoms with Crippen LogP contribution in [0, 0.1) is 5.92 Å². The normalized spacial score (nSPS) is 26.2. The van der Waals surface area contributed by atoms with E-state index in [-0.39, 0.29) is 11.4 Å². The first-order chi connectivity index (χ1) is 7.81. The van der Waals surface area contributed by atoms with Gasteiger partial charge in [-0.3, -0.25) is 9.69 Å². The Labute approximate surface area is 106 Å². The second-order valence-corrected chi connectivity index (χ2v) is 6.45. The highest BCUT2D eigenvalue weighted by molar-refractivity contribution is 5.76. The maximum atomic E-state index is 11.8. The summed E-state index contributed by atoms with van der Waals surface area (Å²) in [6.45, 7) is 12.7. The minimum absolute atomic E-state index is 0.112. The first kappa shape index (κ1) is 14.5. The third kappa shape index (κ3) is 5.07. The Balaban J connectivity index is 2.33. The van der Waals surface area contributed by atoms with Crippen molar-refractivity contribution in [2.75, 3.05) is 13.1 Å². The van der Waals surface area contributed by atoms with E-state index < -0.39 is 0 Å².